The van der Waals surface area contributed by atoms with Crippen LogP contribution < -0.4 is 10.5 Å². The Bertz CT molecular complexity index is 547. The van der Waals surface area contributed by atoms with Crippen LogP contribution in [0, 0.1) is 0 Å². The summed E-state index contributed by atoms with van der Waals surface area (Å²) in [6.45, 7) is 3.91. The molecule has 0 saturated heterocycles. The maximum Gasteiger partial charge on any atom is 0.150 e. The second kappa shape index (κ2) is 7.67. The summed E-state index contributed by atoms with van der Waals surface area (Å²) in [7, 11) is 0. The summed E-state index contributed by atoms with van der Waals surface area (Å²) >= 11 is 17.6. The summed E-state index contributed by atoms with van der Waals surface area (Å²) in [5.74, 6) is -1.54. The minimum Gasteiger partial charge on any atom is -0.543 e. The number of aromatic nitrogens is 1. The van der Waals surface area contributed by atoms with Crippen molar-refractivity contribution in [3.8, 4) is 0 Å². The third-order valence-corrected chi connectivity index (χ3v) is 3.59. The van der Waals surface area contributed by atoms with E-state index in [-0.39, 0.29) is 20.9 Å². The molecule has 1 aromatic heterocycles. The van der Waals surface area contributed by atoms with E-state index in [1.165, 1.54) is 0 Å². The van der Waals surface area contributed by atoms with Crippen LogP contribution in [-0.2, 0) is 0 Å². The Morgan fingerprint density at radius 3 is 2.55 bits per heavy atom. The van der Waals surface area contributed by atoms with Gasteiger partial charge in [0, 0.05) is 5.71 Å². The van der Waals surface area contributed by atoms with E-state index in [9.17, 15) is 9.90 Å². The van der Waals surface area contributed by atoms with Crippen LogP contribution in [0.15, 0.2) is 5.10 Å². The van der Waals surface area contributed by atoms with Crippen molar-refractivity contribution in [1.82, 2.24) is 4.98 Å². The van der Waals surface area contributed by atoms with Gasteiger partial charge in [-0.1, -0.05) is 48.1 Å². The number of hydrazone groups is 1. The SMILES string of the molecule is CCCC/C(C)=N\Nc1c(Cl)c(Cl)nc(C(=O)[O-])c1Cl. The van der Waals surface area contributed by atoms with Crippen LogP contribution in [0.4, 0.5) is 5.69 Å². The van der Waals surface area contributed by atoms with Crippen molar-refractivity contribution in [2.75, 3.05) is 5.43 Å². The smallest absolute Gasteiger partial charge is 0.150 e. The van der Waals surface area contributed by atoms with Crippen LogP contribution >= 0.6 is 34.8 Å². The van der Waals surface area contributed by atoms with Gasteiger partial charge in [-0.25, -0.2) is 4.98 Å². The first-order chi connectivity index (χ1) is 9.38. The van der Waals surface area contributed by atoms with Gasteiger partial charge in [0.15, 0.2) is 5.15 Å². The maximum atomic E-state index is 10.9. The van der Waals surface area contributed by atoms with Gasteiger partial charge in [0.2, 0.25) is 0 Å². The highest BCUT2D eigenvalue weighted by Gasteiger charge is 2.17. The Labute approximate surface area is 131 Å². The van der Waals surface area contributed by atoms with Crippen LogP contribution in [-0.4, -0.2) is 16.7 Å². The quantitative estimate of drug-likeness (QED) is 0.490. The fourth-order valence-electron chi connectivity index (χ4n) is 1.39. The number of nitrogens with zero attached hydrogens (tertiary/aromatic N) is 2. The highest BCUT2D eigenvalue weighted by molar-refractivity contribution is 6.46. The first-order valence-corrected chi connectivity index (χ1v) is 7.06. The third kappa shape index (κ3) is 4.23. The van der Waals surface area contributed by atoms with Gasteiger partial charge in [-0.05, 0) is 19.8 Å². The largest absolute Gasteiger partial charge is 0.543 e. The standard InChI is InChI=1S/C12H14Cl3N3O2/c1-3-4-5-6(2)17-18-9-7(13)10(12(19)20)16-11(15)8(9)14/h3-5H2,1-2H3,(H,16,18)(H,19,20)/p-1/b17-6-. The van der Waals surface area contributed by atoms with Crippen molar-refractivity contribution < 1.29 is 9.90 Å². The van der Waals surface area contributed by atoms with Crippen molar-refractivity contribution in [3.63, 3.8) is 0 Å². The van der Waals surface area contributed by atoms with E-state index in [1.807, 2.05) is 6.92 Å². The number of carboxylic acid groups (broad SMARTS) is 1. The molecule has 0 aliphatic rings. The Kier molecular flexibility index (Phi) is 6.52. The summed E-state index contributed by atoms with van der Waals surface area (Å²) in [5, 5.41) is 14.6. The van der Waals surface area contributed by atoms with Crippen molar-refractivity contribution in [2.45, 2.75) is 33.1 Å². The number of carbonyl (C=O) groups excluding carboxylic acids is 1. The van der Waals surface area contributed by atoms with Crippen molar-refractivity contribution in [2.24, 2.45) is 5.10 Å². The number of rotatable bonds is 6. The van der Waals surface area contributed by atoms with Crippen LogP contribution in [0.5, 0.6) is 0 Å². The molecule has 0 atom stereocenters. The molecule has 1 aromatic rings. The van der Waals surface area contributed by atoms with E-state index in [4.69, 9.17) is 34.8 Å². The minimum absolute atomic E-state index is 0.00806. The number of hydrogen-bond acceptors (Lipinski definition) is 5. The molecule has 0 unspecified atom stereocenters. The zero-order chi connectivity index (χ0) is 15.3. The lowest BCUT2D eigenvalue weighted by atomic mass is 10.2. The van der Waals surface area contributed by atoms with Gasteiger partial charge in [0.1, 0.15) is 10.7 Å². The van der Waals surface area contributed by atoms with E-state index in [0.717, 1.165) is 25.0 Å². The topological polar surface area (TPSA) is 77.4 Å². The highest BCUT2D eigenvalue weighted by Crippen LogP contribution is 2.36. The van der Waals surface area contributed by atoms with E-state index >= 15 is 0 Å². The van der Waals surface area contributed by atoms with Gasteiger partial charge < -0.3 is 9.90 Å². The van der Waals surface area contributed by atoms with E-state index in [0.29, 0.717) is 0 Å². The molecule has 110 valence electrons. The predicted molar refractivity (Wildman–Crippen MR) is 79.9 cm³/mol. The predicted octanol–water partition coefficient (Wildman–Crippen LogP) is 3.38. The summed E-state index contributed by atoms with van der Waals surface area (Å²) in [4.78, 5) is 14.5. The zero-order valence-electron chi connectivity index (χ0n) is 11.0. The molecule has 0 radical (unpaired) electrons. The summed E-state index contributed by atoms with van der Waals surface area (Å²) < 4.78 is 0. The second-order valence-electron chi connectivity index (χ2n) is 4.10. The van der Waals surface area contributed by atoms with Gasteiger partial charge in [0.25, 0.3) is 0 Å². The summed E-state index contributed by atoms with van der Waals surface area (Å²) in [6.07, 6.45) is 2.86. The number of halogens is 3. The van der Waals surface area contributed by atoms with Gasteiger partial charge >= 0.3 is 0 Å². The van der Waals surface area contributed by atoms with Crippen molar-refractivity contribution >= 4 is 52.2 Å². The Morgan fingerprint density at radius 1 is 1.35 bits per heavy atom. The number of carbonyl (C=O) groups is 1. The first kappa shape index (κ1) is 17.0. The summed E-state index contributed by atoms with van der Waals surface area (Å²) in [5.41, 5.74) is 3.09. The normalized spacial score (nSPS) is 11.6. The van der Waals surface area contributed by atoms with E-state index in [2.05, 4.69) is 22.4 Å². The molecule has 1 N–H and O–H groups in total. The van der Waals surface area contributed by atoms with Gasteiger partial charge in [0.05, 0.1) is 16.7 Å². The van der Waals surface area contributed by atoms with Crippen LogP contribution in [0.3, 0.4) is 0 Å². The molecule has 5 nitrogen and oxygen atoms in total. The number of unbranched alkanes of at least 4 members (excludes halogenated alkanes) is 1. The monoisotopic (exact) mass is 336 g/mol. The maximum absolute atomic E-state index is 10.9. The molecule has 1 rings (SSSR count). The number of nitrogens with one attached hydrogen (secondary N) is 1. The molecule has 0 bridgehead atoms. The molecule has 20 heavy (non-hydrogen) atoms. The molecule has 0 fully saturated rings. The third-order valence-electron chi connectivity index (χ3n) is 2.48. The fourth-order valence-corrected chi connectivity index (χ4v) is 2.05. The number of carboxylic acids is 1. The Hall–Kier alpha value is -1.04. The van der Waals surface area contributed by atoms with Crippen LogP contribution in [0.1, 0.15) is 43.6 Å². The molecule has 0 aliphatic heterocycles. The molecule has 1 heterocycles. The molecule has 8 heteroatoms. The van der Waals surface area contributed by atoms with Crippen molar-refractivity contribution in [1.29, 1.82) is 0 Å². The van der Waals surface area contributed by atoms with E-state index in [1.54, 1.807) is 0 Å². The minimum atomic E-state index is -1.54. The van der Waals surface area contributed by atoms with Gasteiger partial charge in [-0.15, -0.1) is 0 Å². The van der Waals surface area contributed by atoms with Crippen LogP contribution in [0.25, 0.3) is 0 Å². The number of aromatic carboxylic acids is 1. The first-order valence-electron chi connectivity index (χ1n) is 5.93. The molecule has 0 spiro atoms. The molecule has 0 saturated carbocycles. The average molecular weight is 338 g/mol. The Morgan fingerprint density at radius 2 is 2.00 bits per heavy atom. The molecular weight excluding hydrogens is 325 g/mol. The average Bonchev–Trinajstić information content (AvgIpc) is 2.40. The number of pyridine rings is 1. The molecular formula is C12H13Cl3N3O2-. The zero-order valence-corrected chi connectivity index (χ0v) is 13.2. The Balaban J connectivity index is 3.08. The van der Waals surface area contributed by atoms with E-state index < -0.39 is 11.7 Å². The lowest BCUT2D eigenvalue weighted by molar-refractivity contribution is -0.255. The van der Waals surface area contributed by atoms with Crippen LogP contribution in [0.2, 0.25) is 15.2 Å². The van der Waals surface area contributed by atoms with Gasteiger partial charge in [-0.2, -0.15) is 5.10 Å². The lowest BCUT2D eigenvalue weighted by Gasteiger charge is -2.12. The highest BCUT2D eigenvalue weighted by atomic mass is 35.5. The summed E-state index contributed by atoms with van der Waals surface area (Å²) in [6, 6.07) is 0. The molecule has 0 aromatic carbocycles. The number of hydrogen-bond donors (Lipinski definition) is 1. The number of anilines is 1. The van der Waals surface area contributed by atoms with Crippen molar-refractivity contribution in [3.05, 3.63) is 20.9 Å². The van der Waals surface area contributed by atoms with Gasteiger partial charge in [-0.3, -0.25) is 5.43 Å². The fraction of sp³-hybridized carbons (Fsp3) is 0.417. The second-order valence-corrected chi connectivity index (χ2v) is 5.22. The lowest BCUT2D eigenvalue weighted by Crippen LogP contribution is -2.24. The molecule has 0 amide bonds. The molecule has 0 aliphatic carbocycles.